The highest BCUT2D eigenvalue weighted by Gasteiger charge is 2.32. The van der Waals surface area contributed by atoms with Crippen LogP contribution in [0.1, 0.15) is 30.8 Å². The minimum absolute atomic E-state index is 0.0365. The Labute approximate surface area is 109 Å². The van der Waals surface area contributed by atoms with Crippen LogP contribution in [-0.4, -0.2) is 29.2 Å². The van der Waals surface area contributed by atoms with Gasteiger partial charge < -0.3 is 14.6 Å². The summed E-state index contributed by atoms with van der Waals surface area (Å²) in [5.41, 5.74) is 0.458. The van der Waals surface area contributed by atoms with E-state index >= 15 is 0 Å². The Balaban J connectivity index is 2.13. The van der Waals surface area contributed by atoms with E-state index in [0.717, 1.165) is 24.0 Å². The van der Waals surface area contributed by atoms with Gasteiger partial charge in [0.15, 0.2) is 0 Å². The van der Waals surface area contributed by atoms with E-state index in [1.54, 1.807) is 0 Å². The number of carbonyl (C=O) groups is 1. The van der Waals surface area contributed by atoms with E-state index in [4.69, 9.17) is 4.74 Å². The maximum atomic E-state index is 12.2. The molecule has 5 heteroatoms. The molecular weight excluding hydrogens is 284 g/mol. The van der Waals surface area contributed by atoms with Crippen molar-refractivity contribution in [2.45, 2.75) is 32.4 Å². The van der Waals surface area contributed by atoms with Gasteiger partial charge in [-0.05, 0) is 42.3 Å². The Hall–Kier alpha value is -0.810. The highest BCUT2D eigenvalue weighted by Crippen LogP contribution is 2.20. The predicted molar refractivity (Wildman–Crippen MR) is 69.1 cm³/mol. The Morgan fingerprint density at radius 1 is 1.71 bits per heavy atom. The van der Waals surface area contributed by atoms with Crippen molar-refractivity contribution in [3.63, 3.8) is 0 Å². The standard InChI is InChI=1S/C12H17BrN2O2/c1-3-15-7-9(13)6-10(15)11(16)14-12(2)4-5-17-8-12/h6-7H,3-5,8H2,1-2H3,(H,14,16). The average Bonchev–Trinajstić information content (AvgIpc) is 2.84. The Morgan fingerprint density at radius 3 is 3.06 bits per heavy atom. The minimum atomic E-state index is -0.230. The first kappa shape index (κ1) is 12.6. The number of hydrogen-bond donors (Lipinski definition) is 1. The van der Waals surface area contributed by atoms with Crippen LogP contribution in [-0.2, 0) is 11.3 Å². The first-order valence-corrected chi connectivity index (χ1v) is 6.59. The van der Waals surface area contributed by atoms with Crippen LogP contribution in [0.15, 0.2) is 16.7 Å². The second kappa shape index (κ2) is 4.82. The third-order valence-electron chi connectivity index (χ3n) is 3.07. The van der Waals surface area contributed by atoms with Gasteiger partial charge in [-0.3, -0.25) is 4.79 Å². The van der Waals surface area contributed by atoms with Crippen LogP contribution in [0.5, 0.6) is 0 Å². The maximum Gasteiger partial charge on any atom is 0.268 e. The molecule has 94 valence electrons. The van der Waals surface area contributed by atoms with Crippen LogP contribution in [0, 0.1) is 0 Å². The molecule has 0 aliphatic carbocycles. The molecule has 0 saturated carbocycles. The molecule has 1 unspecified atom stereocenters. The van der Waals surface area contributed by atoms with Gasteiger partial charge in [0.05, 0.1) is 12.1 Å². The van der Waals surface area contributed by atoms with E-state index in [-0.39, 0.29) is 11.4 Å². The second-order valence-electron chi connectivity index (χ2n) is 4.65. The molecule has 0 spiro atoms. The molecule has 1 atom stereocenters. The summed E-state index contributed by atoms with van der Waals surface area (Å²) >= 11 is 3.39. The van der Waals surface area contributed by atoms with Crippen molar-refractivity contribution in [2.75, 3.05) is 13.2 Å². The highest BCUT2D eigenvalue weighted by molar-refractivity contribution is 9.10. The van der Waals surface area contributed by atoms with Gasteiger partial charge in [0.2, 0.25) is 0 Å². The number of aryl methyl sites for hydroxylation is 1. The number of nitrogens with zero attached hydrogens (tertiary/aromatic N) is 1. The van der Waals surface area contributed by atoms with Crippen molar-refractivity contribution in [2.24, 2.45) is 0 Å². The molecule has 0 aromatic carbocycles. The van der Waals surface area contributed by atoms with Crippen molar-refractivity contribution < 1.29 is 9.53 Å². The molecule has 1 aromatic rings. The number of rotatable bonds is 3. The van der Waals surface area contributed by atoms with E-state index in [9.17, 15) is 4.79 Å². The number of aromatic nitrogens is 1. The topological polar surface area (TPSA) is 43.3 Å². The van der Waals surface area contributed by atoms with Crippen LogP contribution >= 0.6 is 15.9 Å². The third-order valence-corrected chi connectivity index (χ3v) is 3.50. The number of ether oxygens (including phenoxy) is 1. The molecule has 1 fully saturated rings. The Kier molecular flexibility index (Phi) is 3.58. The van der Waals surface area contributed by atoms with Crippen molar-refractivity contribution >= 4 is 21.8 Å². The van der Waals surface area contributed by atoms with Crippen LogP contribution in [0.4, 0.5) is 0 Å². The number of halogens is 1. The van der Waals surface area contributed by atoms with E-state index in [1.807, 2.05) is 30.7 Å². The lowest BCUT2D eigenvalue weighted by Gasteiger charge is -2.23. The molecule has 0 bridgehead atoms. The van der Waals surface area contributed by atoms with Gasteiger partial charge in [-0.1, -0.05) is 0 Å². The van der Waals surface area contributed by atoms with Gasteiger partial charge in [0.1, 0.15) is 5.69 Å². The van der Waals surface area contributed by atoms with Gasteiger partial charge in [0, 0.05) is 23.8 Å². The van der Waals surface area contributed by atoms with Crippen LogP contribution in [0.2, 0.25) is 0 Å². The fraction of sp³-hybridized carbons (Fsp3) is 0.583. The molecule has 1 saturated heterocycles. The van der Waals surface area contributed by atoms with E-state index in [0.29, 0.717) is 12.3 Å². The van der Waals surface area contributed by atoms with E-state index in [1.165, 1.54) is 0 Å². The summed E-state index contributed by atoms with van der Waals surface area (Å²) in [5.74, 6) is -0.0365. The largest absolute Gasteiger partial charge is 0.379 e. The SMILES string of the molecule is CCn1cc(Br)cc1C(=O)NC1(C)CCOC1. The van der Waals surface area contributed by atoms with Gasteiger partial charge in [-0.2, -0.15) is 0 Å². The first-order valence-electron chi connectivity index (χ1n) is 5.80. The second-order valence-corrected chi connectivity index (χ2v) is 5.56. The number of hydrogen-bond acceptors (Lipinski definition) is 2. The monoisotopic (exact) mass is 300 g/mol. The van der Waals surface area contributed by atoms with Crippen LogP contribution in [0.3, 0.4) is 0 Å². The van der Waals surface area contributed by atoms with Gasteiger partial charge in [-0.15, -0.1) is 0 Å². The molecule has 2 rings (SSSR count). The van der Waals surface area contributed by atoms with Crippen molar-refractivity contribution in [1.82, 2.24) is 9.88 Å². The molecular formula is C12H17BrN2O2. The molecule has 1 aliphatic heterocycles. The quantitative estimate of drug-likeness (QED) is 0.930. The normalized spacial score (nSPS) is 23.9. The Bertz CT molecular complexity index is 422. The average molecular weight is 301 g/mol. The number of amides is 1. The minimum Gasteiger partial charge on any atom is -0.379 e. The lowest BCUT2D eigenvalue weighted by molar-refractivity contribution is 0.0880. The maximum absolute atomic E-state index is 12.2. The number of carbonyl (C=O) groups excluding carboxylic acids is 1. The summed E-state index contributed by atoms with van der Waals surface area (Å²) in [5, 5.41) is 3.05. The van der Waals surface area contributed by atoms with E-state index in [2.05, 4.69) is 21.2 Å². The molecule has 1 N–H and O–H groups in total. The zero-order valence-corrected chi connectivity index (χ0v) is 11.7. The summed E-state index contributed by atoms with van der Waals surface area (Å²) in [7, 11) is 0. The summed E-state index contributed by atoms with van der Waals surface area (Å²) < 4.78 is 8.19. The van der Waals surface area contributed by atoms with Crippen molar-refractivity contribution in [1.29, 1.82) is 0 Å². The molecule has 17 heavy (non-hydrogen) atoms. The fourth-order valence-electron chi connectivity index (χ4n) is 2.03. The fourth-order valence-corrected chi connectivity index (χ4v) is 2.49. The van der Waals surface area contributed by atoms with Crippen LogP contribution < -0.4 is 5.32 Å². The van der Waals surface area contributed by atoms with Gasteiger partial charge in [-0.25, -0.2) is 0 Å². The summed E-state index contributed by atoms with van der Waals surface area (Å²) in [4.78, 5) is 12.2. The smallest absolute Gasteiger partial charge is 0.268 e. The lowest BCUT2D eigenvalue weighted by Crippen LogP contribution is -2.46. The predicted octanol–water partition coefficient (Wildman–Crippen LogP) is 2.18. The zero-order valence-electron chi connectivity index (χ0n) is 10.1. The Morgan fingerprint density at radius 2 is 2.47 bits per heavy atom. The van der Waals surface area contributed by atoms with Gasteiger partial charge in [0.25, 0.3) is 5.91 Å². The molecule has 0 radical (unpaired) electrons. The lowest BCUT2D eigenvalue weighted by atomic mass is 10.0. The zero-order chi connectivity index (χ0) is 12.5. The number of nitrogens with one attached hydrogen (secondary N) is 1. The summed E-state index contributed by atoms with van der Waals surface area (Å²) in [6.45, 7) is 6.12. The van der Waals surface area contributed by atoms with Gasteiger partial charge >= 0.3 is 0 Å². The molecule has 2 heterocycles. The first-order chi connectivity index (χ1) is 8.04. The molecule has 4 nitrogen and oxygen atoms in total. The highest BCUT2D eigenvalue weighted by atomic mass is 79.9. The molecule has 1 amide bonds. The van der Waals surface area contributed by atoms with E-state index < -0.39 is 0 Å². The molecule has 1 aliphatic rings. The summed E-state index contributed by atoms with van der Waals surface area (Å²) in [6, 6.07) is 1.85. The summed E-state index contributed by atoms with van der Waals surface area (Å²) in [6.07, 6.45) is 2.79. The third kappa shape index (κ3) is 2.72. The molecule has 1 aromatic heterocycles. The van der Waals surface area contributed by atoms with Crippen molar-refractivity contribution in [3.05, 3.63) is 22.4 Å². The van der Waals surface area contributed by atoms with Crippen molar-refractivity contribution in [3.8, 4) is 0 Å². The van der Waals surface area contributed by atoms with Crippen LogP contribution in [0.25, 0.3) is 0 Å².